The standard InChI is InChI=1S/C13H9.C9H11.2C5H5.2C4H9.2ClH.2Ti/c1-3-7-12-10(5-1)9-11-6-2-4-8-13(11)12;1-2-5-9-7-3-6-8(9)4-1;2*1-2-4-5-3-1;2*1-3-4-2;;;;/h1-5,7-8H,9H2;1-2,4,6,9H,3,5,7H2;2*1-5H;2*1,3-4H2,2H3;2*1H;;/q6*-1;;;2*+4/p-2. The first-order valence-electron chi connectivity index (χ1n) is 14.9. The molecule has 0 bridgehead atoms. The van der Waals surface area contributed by atoms with Crippen LogP contribution in [0.25, 0.3) is 11.1 Å². The molecule has 0 N–H and O–H groups in total. The molecule has 3 aliphatic carbocycles. The molecule has 0 spiro atoms. The maximum Gasteiger partial charge on any atom is 4.00 e. The Bertz CT molecular complexity index is 1070. The normalized spacial score (nSPS) is 13.2. The average Bonchev–Trinajstić information content (AvgIpc) is 3.86. The molecule has 1 fully saturated rings. The van der Waals surface area contributed by atoms with E-state index in [0.29, 0.717) is 0 Å². The van der Waals surface area contributed by atoms with E-state index in [-0.39, 0.29) is 68.2 Å². The fraction of sp³-hybridized carbons (Fsp3) is 0.275. The van der Waals surface area contributed by atoms with E-state index in [1.54, 1.807) is 5.57 Å². The maximum absolute atomic E-state index is 3.60. The molecule has 0 radical (unpaired) electrons. The van der Waals surface area contributed by atoms with Crippen molar-refractivity contribution < 1.29 is 68.2 Å². The van der Waals surface area contributed by atoms with Crippen molar-refractivity contribution in [2.75, 3.05) is 0 Å². The van der Waals surface area contributed by atoms with Crippen LogP contribution in [0.5, 0.6) is 0 Å². The van der Waals surface area contributed by atoms with E-state index in [9.17, 15) is 0 Å². The van der Waals surface area contributed by atoms with Crippen LogP contribution in [0.2, 0.25) is 0 Å². The minimum atomic E-state index is 0. The van der Waals surface area contributed by atoms with E-state index >= 15 is 0 Å². The maximum atomic E-state index is 3.60. The van der Waals surface area contributed by atoms with Crippen LogP contribution in [0.4, 0.5) is 0 Å². The van der Waals surface area contributed by atoms with Gasteiger partial charge in [0.1, 0.15) is 0 Å². The minimum Gasteiger partial charge on any atom is -1.00 e. The number of allylic oxidation sites excluding steroid dienone is 4. The SMILES string of the molecule is C1=CCC2CC[CH-]C2=C1.[CH2-]CCC.[CH2-]CCC.[Cl-].[Cl-].[Ti+4].[Ti+4].[c-]1cccc2c1Cc1ccccc1-2.c1cc[cH-]c1.c1cc[cH-]c1. The molecule has 230 valence electrons. The van der Waals surface area contributed by atoms with Gasteiger partial charge in [-0.2, -0.15) is 79.1 Å². The molecule has 0 heterocycles. The van der Waals surface area contributed by atoms with Crippen molar-refractivity contribution in [3.05, 3.63) is 164 Å². The average molecular weight is 695 g/mol. The molecule has 4 heteroatoms. The summed E-state index contributed by atoms with van der Waals surface area (Å²) in [5.74, 6) is 0.884. The Morgan fingerprint density at radius 1 is 0.773 bits per heavy atom. The van der Waals surface area contributed by atoms with E-state index in [4.69, 9.17) is 0 Å². The number of benzene rings is 2. The number of hydrogen-bond acceptors (Lipinski definition) is 0. The third-order valence-corrected chi connectivity index (χ3v) is 6.65. The quantitative estimate of drug-likeness (QED) is 0.167. The van der Waals surface area contributed by atoms with Gasteiger partial charge >= 0.3 is 43.4 Å². The first-order chi connectivity index (χ1) is 19.7. The Balaban J connectivity index is -0.000000482. The molecule has 44 heavy (non-hydrogen) atoms. The molecule has 1 saturated carbocycles. The van der Waals surface area contributed by atoms with Crippen LogP contribution < -0.4 is 24.8 Å². The summed E-state index contributed by atoms with van der Waals surface area (Å²) in [6.07, 6.45) is 18.6. The molecular weight excluding hydrogens is 647 g/mol. The van der Waals surface area contributed by atoms with Crippen LogP contribution in [-0.2, 0) is 49.9 Å². The van der Waals surface area contributed by atoms with Crippen molar-refractivity contribution in [3.8, 4) is 11.1 Å². The van der Waals surface area contributed by atoms with Crippen molar-refractivity contribution in [1.29, 1.82) is 0 Å². The summed E-state index contributed by atoms with van der Waals surface area (Å²) < 4.78 is 0. The zero-order valence-corrected chi connectivity index (χ0v) is 31.2. The van der Waals surface area contributed by atoms with E-state index in [1.807, 2.05) is 66.7 Å². The second-order valence-electron chi connectivity index (χ2n) is 9.84. The third kappa shape index (κ3) is 19.1. The topological polar surface area (TPSA) is 0 Å². The fourth-order valence-electron chi connectivity index (χ4n) is 4.30. The van der Waals surface area contributed by atoms with Gasteiger partial charge in [0, 0.05) is 0 Å². The predicted molar refractivity (Wildman–Crippen MR) is 177 cm³/mol. The Labute approximate surface area is 312 Å². The number of unbranched alkanes of at least 4 members (excludes halogenated alkanes) is 2. The number of hydrogen-bond donors (Lipinski definition) is 0. The first-order valence-corrected chi connectivity index (χ1v) is 14.9. The number of fused-ring (bicyclic) bond motifs is 4. The molecular formula is C40H48Cl2Ti2. The van der Waals surface area contributed by atoms with Crippen LogP contribution in [-0.4, -0.2) is 0 Å². The van der Waals surface area contributed by atoms with Crippen LogP contribution in [0.1, 0.15) is 69.9 Å². The van der Waals surface area contributed by atoms with Gasteiger partial charge in [-0.25, -0.2) is 42.3 Å². The van der Waals surface area contributed by atoms with Gasteiger partial charge in [-0.05, 0) is 18.8 Å². The fourth-order valence-corrected chi connectivity index (χ4v) is 4.30. The summed E-state index contributed by atoms with van der Waals surface area (Å²) >= 11 is 0. The Morgan fingerprint density at radius 2 is 1.32 bits per heavy atom. The van der Waals surface area contributed by atoms with Gasteiger partial charge in [0.15, 0.2) is 0 Å². The molecule has 7 rings (SSSR count). The summed E-state index contributed by atoms with van der Waals surface area (Å²) in [5, 5.41) is 0. The molecule has 0 saturated heterocycles. The van der Waals surface area contributed by atoms with Gasteiger partial charge in [-0.1, -0.05) is 68.5 Å². The van der Waals surface area contributed by atoms with Crippen LogP contribution in [0.15, 0.2) is 127 Å². The number of rotatable bonds is 2. The summed E-state index contributed by atoms with van der Waals surface area (Å²) in [6, 6.07) is 38.1. The first kappa shape index (κ1) is 46.9. The van der Waals surface area contributed by atoms with Gasteiger partial charge in [0.2, 0.25) is 0 Å². The Hall–Kier alpha value is -1.50. The van der Waals surface area contributed by atoms with Crippen LogP contribution in [0, 0.1) is 32.3 Å². The molecule has 3 aliphatic rings. The van der Waals surface area contributed by atoms with E-state index in [0.717, 1.165) is 25.2 Å². The van der Waals surface area contributed by atoms with Crippen LogP contribution in [0.3, 0.4) is 0 Å². The third-order valence-electron chi connectivity index (χ3n) is 6.65. The molecule has 0 aromatic heterocycles. The van der Waals surface area contributed by atoms with Crippen molar-refractivity contribution >= 4 is 0 Å². The Morgan fingerprint density at radius 3 is 1.82 bits per heavy atom. The predicted octanol–water partition coefficient (Wildman–Crippen LogP) is 5.60. The Kier molecular flexibility index (Phi) is 33.6. The summed E-state index contributed by atoms with van der Waals surface area (Å²) in [5.41, 5.74) is 7.09. The van der Waals surface area contributed by atoms with Gasteiger partial charge < -0.3 is 38.7 Å². The second kappa shape index (κ2) is 31.5. The molecule has 1 unspecified atom stereocenters. The molecule has 0 aliphatic heterocycles. The monoisotopic (exact) mass is 694 g/mol. The van der Waals surface area contributed by atoms with Gasteiger partial charge in [0.05, 0.1) is 0 Å². The summed E-state index contributed by atoms with van der Waals surface area (Å²) in [7, 11) is 0. The van der Waals surface area contributed by atoms with Crippen LogP contribution >= 0.6 is 0 Å². The molecule has 0 amide bonds. The van der Waals surface area contributed by atoms with Crippen molar-refractivity contribution in [2.45, 2.75) is 65.2 Å². The van der Waals surface area contributed by atoms with Crippen molar-refractivity contribution in [3.63, 3.8) is 0 Å². The smallest absolute Gasteiger partial charge is 1.00 e. The molecule has 4 aromatic rings. The summed E-state index contributed by atoms with van der Waals surface area (Å²) in [6.45, 7) is 11.4. The van der Waals surface area contributed by atoms with Crippen molar-refractivity contribution in [2.24, 2.45) is 5.92 Å². The van der Waals surface area contributed by atoms with E-state index in [2.05, 4.69) is 94.8 Å². The van der Waals surface area contributed by atoms with Gasteiger partial charge in [-0.3, -0.25) is 0 Å². The molecule has 1 atom stereocenters. The molecule has 0 nitrogen and oxygen atoms in total. The van der Waals surface area contributed by atoms with Gasteiger partial charge in [-0.15, -0.1) is 24.1 Å². The largest absolute Gasteiger partial charge is 4.00 e. The molecule has 4 aromatic carbocycles. The van der Waals surface area contributed by atoms with E-state index in [1.165, 1.54) is 54.4 Å². The van der Waals surface area contributed by atoms with Gasteiger partial charge in [0.25, 0.3) is 0 Å². The zero-order valence-electron chi connectivity index (χ0n) is 26.5. The second-order valence-corrected chi connectivity index (χ2v) is 9.84. The number of halogens is 2. The zero-order chi connectivity index (χ0) is 28.7. The minimum absolute atomic E-state index is 0. The van der Waals surface area contributed by atoms with Crippen molar-refractivity contribution in [1.82, 2.24) is 0 Å². The summed E-state index contributed by atoms with van der Waals surface area (Å²) in [4.78, 5) is 0. The van der Waals surface area contributed by atoms with E-state index < -0.39 is 0 Å².